The molecule has 49 heavy (non-hydrogen) atoms. The van der Waals surface area contributed by atoms with Crippen LogP contribution in [0.4, 0.5) is 0 Å². The van der Waals surface area contributed by atoms with E-state index in [1.165, 1.54) is 287 Å². The fourth-order valence-corrected chi connectivity index (χ4v) is 8.41. The highest BCUT2D eigenvalue weighted by atomic mass is 15.3. The first kappa shape index (κ1) is 49.0. The third kappa shape index (κ3) is 37.5. The highest BCUT2D eigenvalue weighted by Crippen LogP contribution is 2.22. The van der Waals surface area contributed by atoms with Gasteiger partial charge in [-0.3, -0.25) is 0 Å². The van der Waals surface area contributed by atoms with Gasteiger partial charge in [0.2, 0.25) is 0 Å². The molecule has 0 fully saturated rings. The van der Waals surface area contributed by atoms with Gasteiger partial charge < -0.3 is 4.48 Å². The molecule has 0 radical (unpaired) electrons. The Bertz CT molecular complexity index is 519. The molecule has 0 spiro atoms. The van der Waals surface area contributed by atoms with Gasteiger partial charge in [-0.05, 0) is 51.4 Å². The highest BCUT2D eigenvalue weighted by Gasteiger charge is 2.25. The van der Waals surface area contributed by atoms with Gasteiger partial charge in [0, 0.05) is 0 Å². The summed E-state index contributed by atoms with van der Waals surface area (Å²) < 4.78 is 1.49. The summed E-state index contributed by atoms with van der Waals surface area (Å²) in [5.74, 6) is 0. The van der Waals surface area contributed by atoms with Gasteiger partial charge in [0.05, 0.1) is 26.2 Å². The lowest BCUT2D eigenvalue weighted by Crippen LogP contribution is -2.50. The van der Waals surface area contributed by atoms with E-state index >= 15 is 0 Å². The Morgan fingerprint density at radius 1 is 0.163 bits per heavy atom. The Morgan fingerprint density at radius 2 is 0.286 bits per heavy atom. The summed E-state index contributed by atoms with van der Waals surface area (Å²) in [7, 11) is 0. The molecule has 0 aromatic heterocycles. The molecular weight excluding hydrogens is 591 g/mol. The Hall–Kier alpha value is -0.0400. The largest absolute Gasteiger partial charge is 0.324 e. The molecule has 0 aromatic carbocycles. The zero-order valence-corrected chi connectivity index (χ0v) is 35.6. The predicted molar refractivity (Wildman–Crippen MR) is 227 cm³/mol. The molecule has 0 saturated carbocycles. The molecule has 0 heterocycles. The van der Waals surface area contributed by atoms with Crippen molar-refractivity contribution in [2.24, 2.45) is 0 Å². The molecule has 1 heteroatoms. The predicted octanol–water partition coefficient (Wildman–Crippen LogP) is 17.5. The Morgan fingerprint density at radius 3 is 0.429 bits per heavy atom. The van der Waals surface area contributed by atoms with Gasteiger partial charge in [-0.2, -0.15) is 0 Å². The van der Waals surface area contributed by atoms with Crippen LogP contribution in [0.2, 0.25) is 0 Å². The van der Waals surface area contributed by atoms with E-state index < -0.39 is 0 Å². The van der Waals surface area contributed by atoms with Crippen LogP contribution in [0.15, 0.2) is 0 Å². The molecule has 0 unspecified atom stereocenters. The molecule has 0 saturated heterocycles. The molecular formula is C48H100N+. The van der Waals surface area contributed by atoms with E-state index in [0.29, 0.717) is 0 Å². The number of nitrogens with zero attached hydrogens (tertiary/aromatic N) is 1. The summed E-state index contributed by atoms with van der Waals surface area (Å²) in [6.07, 6.45) is 58.7. The Kier molecular flexibility index (Phi) is 42.3. The summed E-state index contributed by atoms with van der Waals surface area (Å²) in [5, 5.41) is 0. The van der Waals surface area contributed by atoms with Crippen molar-refractivity contribution in [1.29, 1.82) is 0 Å². The van der Waals surface area contributed by atoms with Crippen molar-refractivity contribution >= 4 is 0 Å². The molecule has 0 N–H and O–H groups in total. The number of hydrogen-bond donors (Lipinski definition) is 0. The standard InChI is InChI=1S/C48H100N/c1-5-9-13-17-21-25-26-27-28-29-30-31-32-36-40-44-48-49(45-41-37-33-22-18-14-10-6-2,46-42-38-34-23-19-15-11-7-3)47-43-39-35-24-20-16-12-8-4/h5-48H2,1-4H3/q+1. The van der Waals surface area contributed by atoms with Crippen LogP contribution < -0.4 is 0 Å². The third-order valence-electron chi connectivity index (χ3n) is 11.9. The maximum Gasteiger partial charge on any atom is 0.0786 e. The lowest BCUT2D eigenvalue weighted by molar-refractivity contribution is -0.929. The smallest absolute Gasteiger partial charge is 0.0786 e. The van der Waals surface area contributed by atoms with Crippen LogP contribution in [-0.4, -0.2) is 30.7 Å². The lowest BCUT2D eigenvalue weighted by atomic mass is 10.0. The quantitative estimate of drug-likeness (QED) is 0.0441. The minimum Gasteiger partial charge on any atom is -0.324 e. The van der Waals surface area contributed by atoms with Gasteiger partial charge in [-0.25, -0.2) is 0 Å². The molecule has 0 aliphatic carbocycles. The van der Waals surface area contributed by atoms with Crippen molar-refractivity contribution in [2.45, 2.75) is 285 Å². The van der Waals surface area contributed by atoms with Crippen LogP contribution in [-0.2, 0) is 0 Å². The summed E-state index contributed by atoms with van der Waals surface area (Å²) in [4.78, 5) is 0. The van der Waals surface area contributed by atoms with Gasteiger partial charge in [0.1, 0.15) is 0 Å². The second kappa shape index (κ2) is 42.4. The fourth-order valence-electron chi connectivity index (χ4n) is 8.41. The van der Waals surface area contributed by atoms with E-state index in [-0.39, 0.29) is 0 Å². The minimum atomic E-state index is 1.37. The topological polar surface area (TPSA) is 0 Å². The molecule has 0 aromatic rings. The van der Waals surface area contributed by atoms with E-state index in [1.807, 2.05) is 0 Å². The molecule has 1 nitrogen and oxygen atoms in total. The van der Waals surface area contributed by atoms with Crippen molar-refractivity contribution in [1.82, 2.24) is 0 Å². The van der Waals surface area contributed by atoms with E-state index in [0.717, 1.165) is 0 Å². The SMILES string of the molecule is CCCCCCCCCCCCCCCCCC[N+](CCCCCCCCCC)(CCCCCCCCCC)CCCCCCCCCC. The fraction of sp³-hybridized carbons (Fsp3) is 1.00. The third-order valence-corrected chi connectivity index (χ3v) is 11.9. The summed E-state index contributed by atoms with van der Waals surface area (Å²) in [6.45, 7) is 15.3. The Labute approximate surface area is 314 Å². The number of quaternary nitrogens is 1. The van der Waals surface area contributed by atoms with E-state index in [2.05, 4.69) is 27.7 Å². The van der Waals surface area contributed by atoms with E-state index in [9.17, 15) is 0 Å². The first-order valence-corrected chi connectivity index (χ1v) is 24.1. The number of unbranched alkanes of at least 4 members (excludes halogenated alkanes) is 36. The van der Waals surface area contributed by atoms with Crippen LogP contribution in [0.5, 0.6) is 0 Å². The van der Waals surface area contributed by atoms with Gasteiger partial charge in [-0.1, -0.05) is 233 Å². The summed E-state index contributed by atoms with van der Waals surface area (Å²) >= 11 is 0. The first-order chi connectivity index (χ1) is 24.2. The molecule has 0 atom stereocenters. The van der Waals surface area contributed by atoms with Crippen molar-refractivity contribution in [3.8, 4) is 0 Å². The zero-order valence-electron chi connectivity index (χ0n) is 35.6. The molecule has 0 aliphatic rings. The van der Waals surface area contributed by atoms with Crippen molar-refractivity contribution in [3.63, 3.8) is 0 Å². The van der Waals surface area contributed by atoms with Crippen LogP contribution in [0, 0.1) is 0 Å². The molecule has 0 amide bonds. The first-order valence-electron chi connectivity index (χ1n) is 24.1. The second-order valence-electron chi connectivity index (χ2n) is 17.0. The van der Waals surface area contributed by atoms with Gasteiger partial charge >= 0.3 is 0 Å². The van der Waals surface area contributed by atoms with Gasteiger partial charge in [0.15, 0.2) is 0 Å². The average Bonchev–Trinajstić information content (AvgIpc) is 3.11. The minimum absolute atomic E-state index is 1.37. The molecule has 296 valence electrons. The van der Waals surface area contributed by atoms with Gasteiger partial charge in [0.25, 0.3) is 0 Å². The van der Waals surface area contributed by atoms with Gasteiger partial charge in [-0.15, -0.1) is 0 Å². The second-order valence-corrected chi connectivity index (χ2v) is 17.0. The molecule has 0 aliphatic heterocycles. The summed E-state index contributed by atoms with van der Waals surface area (Å²) in [6, 6.07) is 0. The van der Waals surface area contributed by atoms with Crippen molar-refractivity contribution in [2.75, 3.05) is 26.2 Å². The highest BCUT2D eigenvalue weighted by molar-refractivity contribution is 4.56. The average molecular weight is 691 g/mol. The monoisotopic (exact) mass is 691 g/mol. The number of hydrogen-bond acceptors (Lipinski definition) is 0. The van der Waals surface area contributed by atoms with Crippen LogP contribution in [0.1, 0.15) is 285 Å². The lowest BCUT2D eigenvalue weighted by Gasteiger charge is -2.40. The maximum atomic E-state index is 2.34. The normalized spacial score (nSPS) is 12.0. The summed E-state index contributed by atoms with van der Waals surface area (Å²) in [5.41, 5.74) is 0. The number of rotatable bonds is 44. The van der Waals surface area contributed by atoms with E-state index in [4.69, 9.17) is 0 Å². The van der Waals surface area contributed by atoms with Crippen LogP contribution in [0.25, 0.3) is 0 Å². The zero-order chi connectivity index (χ0) is 35.6. The van der Waals surface area contributed by atoms with Crippen molar-refractivity contribution in [3.05, 3.63) is 0 Å². The van der Waals surface area contributed by atoms with E-state index in [1.54, 1.807) is 0 Å². The van der Waals surface area contributed by atoms with Crippen LogP contribution >= 0.6 is 0 Å². The Balaban J connectivity index is 4.66. The molecule has 0 rings (SSSR count). The van der Waals surface area contributed by atoms with Crippen LogP contribution in [0.3, 0.4) is 0 Å². The molecule has 0 bridgehead atoms. The van der Waals surface area contributed by atoms with Crippen molar-refractivity contribution < 1.29 is 4.48 Å². The maximum absolute atomic E-state index is 2.34.